The fourth-order valence-electron chi connectivity index (χ4n) is 11.9. The lowest BCUT2D eigenvalue weighted by Gasteiger charge is -2.62. The van der Waals surface area contributed by atoms with Gasteiger partial charge in [-0.25, -0.2) is 0 Å². The highest BCUT2D eigenvalue weighted by Gasteiger charge is 2.61. The first-order chi connectivity index (χ1) is 22.6. The molecule has 2 saturated heterocycles. The quantitative estimate of drug-likeness (QED) is 0.346. The van der Waals surface area contributed by atoms with Crippen LogP contribution in [0.15, 0.2) is 36.5 Å². The molecule has 4 unspecified atom stereocenters. The van der Waals surface area contributed by atoms with Crippen molar-refractivity contribution in [3.8, 4) is 0 Å². The number of hydrogen-bond acceptors (Lipinski definition) is 6. The predicted octanol–water partition coefficient (Wildman–Crippen LogP) is 3.86. The Kier molecular flexibility index (Phi) is 7.84. The molecule has 0 radical (unpaired) electrons. The molecule has 1 aromatic carbocycles. The lowest BCUT2D eigenvalue weighted by atomic mass is 9.44. The van der Waals surface area contributed by atoms with Crippen molar-refractivity contribution in [2.45, 2.75) is 102 Å². The van der Waals surface area contributed by atoms with Gasteiger partial charge in [0, 0.05) is 49.6 Å². The van der Waals surface area contributed by atoms with E-state index in [0.717, 1.165) is 61.7 Å². The summed E-state index contributed by atoms with van der Waals surface area (Å²) in [6.07, 6.45) is 11.1. The second-order valence-corrected chi connectivity index (χ2v) is 16.5. The third-order valence-electron chi connectivity index (χ3n) is 14.5. The van der Waals surface area contributed by atoms with Crippen LogP contribution in [0.5, 0.6) is 0 Å². The van der Waals surface area contributed by atoms with Gasteiger partial charge in [-0.3, -0.25) is 19.7 Å². The summed E-state index contributed by atoms with van der Waals surface area (Å²) in [5.74, 6) is 2.33. The zero-order valence-electron chi connectivity index (χ0n) is 28.1. The molecule has 6 fully saturated rings. The minimum atomic E-state index is -0.488. The van der Waals surface area contributed by atoms with E-state index >= 15 is 0 Å². The summed E-state index contributed by atoms with van der Waals surface area (Å²) in [6, 6.07) is 8.80. The fourth-order valence-corrected chi connectivity index (χ4v) is 11.9. The second kappa shape index (κ2) is 11.7. The highest BCUT2D eigenvalue weighted by Crippen LogP contribution is 2.66. The van der Waals surface area contributed by atoms with Crippen LogP contribution >= 0.6 is 0 Å². The van der Waals surface area contributed by atoms with E-state index in [1.165, 1.54) is 25.5 Å². The van der Waals surface area contributed by atoms with Gasteiger partial charge in [-0.05, 0) is 111 Å². The zero-order chi connectivity index (χ0) is 32.7. The van der Waals surface area contributed by atoms with Crippen LogP contribution in [0.3, 0.4) is 0 Å². The first-order valence-corrected chi connectivity index (χ1v) is 18.4. The van der Waals surface area contributed by atoms with Gasteiger partial charge in [0.05, 0.1) is 17.6 Å². The summed E-state index contributed by atoms with van der Waals surface area (Å²) in [5.41, 5.74) is 1.29. The monoisotopic (exact) mass is 645 g/mol. The predicted molar refractivity (Wildman–Crippen MR) is 176 cm³/mol. The average Bonchev–Trinajstić information content (AvgIpc) is 3.68. The molecule has 0 bridgehead atoms. The Bertz CT molecular complexity index is 1540. The molecule has 2 aromatic rings. The van der Waals surface area contributed by atoms with Crippen LogP contribution in [0.25, 0.3) is 10.9 Å². The molecule has 0 spiro atoms. The molecule has 3 N–H and O–H groups in total. The van der Waals surface area contributed by atoms with E-state index in [1.807, 2.05) is 23.1 Å². The van der Waals surface area contributed by atoms with Crippen LogP contribution in [0.4, 0.5) is 0 Å². The van der Waals surface area contributed by atoms with Crippen molar-refractivity contribution in [1.82, 2.24) is 14.7 Å². The Balaban J connectivity index is 0.927. The van der Waals surface area contributed by atoms with Crippen LogP contribution in [0, 0.1) is 34.5 Å². The number of hydrogen-bond donors (Lipinski definition) is 3. The van der Waals surface area contributed by atoms with Gasteiger partial charge >= 0.3 is 0 Å². The Morgan fingerprint density at radius 2 is 1.66 bits per heavy atom. The number of carbonyl (C=O) groups excluding carboxylic acids is 2. The van der Waals surface area contributed by atoms with E-state index in [0.29, 0.717) is 60.8 Å². The molecule has 254 valence electrons. The van der Waals surface area contributed by atoms with Gasteiger partial charge in [-0.2, -0.15) is 0 Å². The fraction of sp³-hybridized carbons (Fsp3) is 0.711. The molecule has 47 heavy (non-hydrogen) atoms. The van der Waals surface area contributed by atoms with Gasteiger partial charge in [0.2, 0.25) is 12.1 Å². The normalized spacial score (nSPS) is 40.6. The first kappa shape index (κ1) is 31.5. The number of carbonyl (C=O) groups is 2. The van der Waals surface area contributed by atoms with Crippen molar-refractivity contribution in [3.05, 3.63) is 42.1 Å². The number of rotatable bonds is 3. The van der Waals surface area contributed by atoms with E-state index in [2.05, 4.69) is 18.7 Å². The molecule has 2 amide bonds. The number of amides is 2. The Hall–Kier alpha value is -2.75. The van der Waals surface area contributed by atoms with Gasteiger partial charge in [0.15, 0.2) is 0 Å². The number of para-hydroxylation sites is 1. The number of nitrogens with zero attached hydrogens (tertiary/aromatic N) is 4. The van der Waals surface area contributed by atoms with E-state index in [4.69, 9.17) is 0 Å². The molecule has 9 nitrogen and oxygen atoms in total. The minimum absolute atomic E-state index is 0.0171. The Labute approximate surface area is 278 Å². The SMILES string of the molecule is C[C@]12C[C@H](N3CCN(C(=O)[C@@H]4CCCN4C(=O)c4cc5ccccc5[n+](O)c4)CC3)[C@@H](O)CC1CCC1C2CC[C@@]2(C)C1CC[C@@H]2O. The van der Waals surface area contributed by atoms with Crippen molar-refractivity contribution in [2.24, 2.45) is 34.5 Å². The highest BCUT2D eigenvalue weighted by molar-refractivity contribution is 5.99. The maximum absolute atomic E-state index is 13.9. The van der Waals surface area contributed by atoms with Crippen LogP contribution in [0.1, 0.15) is 88.4 Å². The number of aliphatic hydroxyl groups is 2. The summed E-state index contributed by atoms with van der Waals surface area (Å²) < 4.78 is 0.995. The van der Waals surface area contributed by atoms with Gasteiger partial charge in [-0.1, -0.05) is 26.0 Å². The number of fused-ring (bicyclic) bond motifs is 6. The van der Waals surface area contributed by atoms with E-state index in [1.54, 1.807) is 17.0 Å². The largest absolute Gasteiger partial charge is 0.393 e. The first-order valence-electron chi connectivity index (χ1n) is 18.4. The summed E-state index contributed by atoms with van der Waals surface area (Å²) in [4.78, 5) is 33.6. The van der Waals surface area contributed by atoms with E-state index in [-0.39, 0.29) is 40.9 Å². The number of aromatic nitrogens is 1. The molecular weight excluding hydrogens is 592 g/mol. The molecule has 4 saturated carbocycles. The van der Waals surface area contributed by atoms with Crippen molar-refractivity contribution in [3.63, 3.8) is 0 Å². The Morgan fingerprint density at radius 3 is 2.47 bits per heavy atom. The van der Waals surface area contributed by atoms with Crippen molar-refractivity contribution in [1.29, 1.82) is 0 Å². The maximum atomic E-state index is 13.9. The highest BCUT2D eigenvalue weighted by atomic mass is 16.5. The van der Waals surface area contributed by atoms with Gasteiger partial charge in [-0.15, -0.1) is 0 Å². The van der Waals surface area contributed by atoms with Crippen molar-refractivity contribution in [2.75, 3.05) is 32.7 Å². The maximum Gasteiger partial charge on any atom is 0.264 e. The second-order valence-electron chi connectivity index (χ2n) is 16.5. The third kappa shape index (κ3) is 5.01. The summed E-state index contributed by atoms with van der Waals surface area (Å²) in [7, 11) is 0. The van der Waals surface area contributed by atoms with Gasteiger partial charge in [0.25, 0.3) is 11.4 Å². The Morgan fingerprint density at radius 1 is 0.894 bits per heavy atom. The molecule has 1 aromatic heterocycles. The number of piperazine rings is 1. The molecular formula is C38H53N4O5+. The van der Waals surface area contributed by atoms with Crippen LogP contribution in [-0.4, -0.2) is 98.9 Å². The third-order valence-corrected chi connectivity index (χ3v) is 14.5. The van der Waals surface area contributed by atoms with Crippen LogP contribution < -0.4 is 4.73 Å². The molecule has 10 atom stereocenters. The zero-order valence-corrected chi connectivity index (χ0v) is 28.1. The van der Waals surface area contributed by atoms with Crippen LogP contribution in [-0.2, 0) is 4.79 Å². The lowest BCUT2D eigenvalue weighted by molar-refractivity contribution is -0.884. The topological polar surface area (TPSA) is 108 Å². The van der Waals surface area contributed by atoms with Crippen LogP contribution in [0.2, 0.25) is 0 Å². The van der Waals surface area contributed by atoms with Crippen molar-refractivity contribution >= 4 is 22.7 Å². The molecule has 6 aliphatic rings. The number of aliphatic hydroxyl groups excluding tert-OH is 2. The number of likely N-dealkylation sites (tertiary alicyclic amines) is 1. The van der Waals surface area contributed by atoms with Crippen molar-refractivity contribution < 1.29 is 29.7 Å². The molecule has 9 heteroatoms. The standard InChI is InChI=1S/C38H53N4O5/c1-37-14-13-29-27(28(37)11-12-34(37)44)10-9-26-21-33(43)32(22-38(26,29)2)39-16-18-40(19-17-39)36(46)31-8-5-15-41(31)35(45)25-20-24-6-3-4-7-30(24)42(47)23-25/h3-4,6-7,20,23,26-29,31-34,43-44,47H,5,8-19,21-22H2,1-2H3/q+1/t26?,27?,28?,29?,31-,32-,33-,34-,37-,38-/m0/s1. The molecule has 8 rings (SSSR count). The number of benzene rings is 1. The summed E-state index contributed by atoms with van der Waals surface area (Å²) >= 11 is 0. The van der Waals surface area contributed by atoms with Gasteiger partial charge in [0.1, 0.15) is 11.6 Å². The minimum Gasteiger partial charge on any atom is -0.393 e. The molecule has 4 aliphatic carbocycles. The molecule has 3 heterocycles. The van der Waals surface area contributed by atoms with Gasteiger partial charge < -0.3 is 20.0 Å². The number of pyridine rings is 1. The summed E-state index contributed by atoms with van der Waals surface area (Å²) in [6.45, 7) is 8.11. The van der Waals surface area contributed by atoms with E-state index in [9.17, 15) is 25.0 Å². The summed E-state index contributed by atoms with van der Waals surface area (Å²) in [5, 5.41) is 33.7. The molecule has 2 aliphatic heterocycles. The average molecular weight is 646 g/mol. The lowest BCUT2D eigenvalue weighted by Crippen LogP contribution is -2.62. The smallest absolute Gasteiger partial charge is 0.264 e. The van der Waals surface area contributed by atoms with E-state index < -0.39 is 6.04 Å².